The molecule has 2 aliphatic heterocycles. The van der Waals surface area contributed by atoms with Crippen molar-refractivity contribution >= 4 is 5.97 Å². The topological polar surface area (TPSA) is 236 Å². The lowest BCUT2D eigenvalue weighted by Crippen LogP contribution is -2.65. The molecule has 334 valence electrons. The third-order valence-electron chi connectivity index (χ3n) is 17.2. The van der Waals surface area contributed by atoms with Gasteiger partial charge in [0.05, 0.1) is 30.3 Å². The monoisotopic (exact) mass is 827 g/mol. The fourth-order valence-corrected chi connectivity index (χ4v) is 12.9. The Balaban J connectivity index is 1.22. The fraction of sp³-hybridized carbons (Fsp3) is 0.932. The van der Waals surface area contributed by atoms with Gasteiger partial charge in [-0.1, -0.05) is 66.5 Å². The van der Waals surface area contributed by atoms with Crippen LogP contribution in [0.4, 0.5) is 0 Å². The van der Waals surface area contributed by atoms with Gasteiger partial charge in [-0.3, -0.25) is 4.79 Å². The molecular formula is C44H74O14. The number of aliphatic hydroxyl groups is 8. The number of carboxylic acids is 1. The van der Waals surface area contributed by atoms with Crippen LogP contribution in [0, 0.1) is 44.8 Å². The smallest absolute Gasteiger partial charge is 0.314 e. The minimum Gasteiger partial charge on any atom is -0.481 e. The van der Waals surface area contributed by atoms with Crippen LogP contribution in [0.5, 0.6) is 0 Å². The van der Waals surface area contributed by atoms with Gasteiger partial charge in [-0.15, -0.1) is 0 Å². The fourth-order valence-electron chi connectivity index (χ4n) is 12.9. The molecule has 2 saturated heterocycles. The number of rotatable bonds is 11. The zero-order valence-corrected chi connectivity index (χ0v) is 36.1. The Kier molecular flexibility index (Phi) is 12.9. The molecule has 6 aliphatic rings. The number of carboxylic acid groups (broad SMARTS) is 1. The van der Waals surface area contributed by atoms with Gasteiger partial charge in [0.15, 0.2) is 12.6 Å². The molecule has 9 N–H and O–H groups in total. The number of aliphatic hydroxyl groups excluding tert-OH is 7. The molecule has 0 aromatic carbocycles. The van der Waals surface area contributed by atoms with E-state index in [0.29, 0.717) is 25.7 Å². The molecule has 0 amide bonds. The molecule has 0 spiro atoms. The quantitative estimate of drug-likeness (QED) is 0.136. The Bertz CT molecular complexity index is 1520. The van der Waals surface area contributed by atoms with E-state index in [0.717, 1.165) is 44.1 Å². The van der Waals surface area contributed by atoms with E-state index in [1.54, 1.807) is 0 Å². The van der Waals surface area contributed by atoms with Crippen molar-refractivity contribution in [2.75, 3.05) is 13.2 Å². The number of allylic oxidation sites excluding steroid dienone is 1. The second kappa shape index (κ2) is 16.1. The van der Waals surface area contributed by atoms with Crippen molar-refractivity contribution in [3.63, 3.8) is 0 Å². The highest BCUT2D eigenvalue weighted by molar-refractivity contribution is 5.82. The van der Waals surface area contributed by atoms with Gasteiger partial charge in [0.2, 0.25) is 0 Å². The van der Waals surface area contributed by atoms with Crippen LogP contribution < -0.4 is 0 Å². The molecule has 18 atom stereocenters. The van der Waals surface area contributed by atoms with Gasteiger partial charge in [-0.05, 0) is 111 Å². The lowest BCUT2D eigenvalue weighted by molar-refractivity contribution is -0.368. The van der Waals surface area contributed by atoms with Crippen LogP contribution in [0.1, 0.15) is 127 Å². The first-order valence-corrected chi connectivity index (χ1v) is 21.8. The predicted molar refractivity (Wildman–Crippen MR) is 211 cm³/mol. The van der Waals surface area contributed by atoms with Crippen molar-refractivity contribution in [2.24, 2.45) is 44.8 Å². The summed E-state index contributed by atoms with van der Waals surface area (Å²) < 4.78 is 23.9. The van der Waals surface area contributed by atoms with Crippen LogP contribution in [0.2, 0.25) is 0 Å². The Hall–Kier alpha value is -1.27. The van der Waals surface area contributed by atoms with Gasteiger partial charge in [0, 0.05) is 0 Å². The number of carbonyl (C=O) groups is 1. The standard InChI is InChI=1S/C44H74O14/c1-22(12-18-43(9,54)39(2,3)4)23-14-19-44(38(52)53)25-10-11-28-40(5,6)29(15-16-41(28,7)24(25)13-17-42(23,44)8)57-37-34(51)35(31(48)27(21-46)56-37)58-36-33(50)32(49)30(47)26(20-45)55-36/h22-23,26-37,45-51,54H,10-21H2,1-9H3,(H,52,53)/t22-,23-,26-,27-,28+,29+,30-,31+,32+,33-,34-,35+,36+,37+,41-,42-,43?,44+/m1/s1. The average molecular weight is 827 g/mol. The van der Waals surface area contributed by atoms with Crippen molar-refractivity contribution in [2.45, 2.75) is 200 Å². The summed E-state index contributed by atoms with van der Waals surface area (Å²) in [7, 11) is 0. The molecule has 4 aliphatic carbocycles. The zero-order valence-electron chi connectivity index (χ0n) is 36.1. The summed E-state index contributed by atoms with van der Waals surface area (Å²) in [6, 6.07) is 0. The van der Waals surface area contributed by atoms with Crippen LogP contribution >= 0.6 is 0 Å². The minimum absolute atomic E-state index is 0.101. The molecule has 0 aromatic heterocycles. The number of hydrogen-bond acceptors (Lipinski definition) is 13. The first-order valence-electron chi connectivity index (χ1n) is 21.8. The molecule has 58 heavy (non-hydrogen) atoms. The third-order valence-corrected chi connectivity index (χ3v) is 17.2. The maximum atomic E-state index is 13.8. The van der Waals surface area contributed by atoms with Crippen molar-refractivity contribution in [3.05, 3.63) is 11.1 Å². The first kappa shape index (κ1) is 46.2. The van der Waals surface area contributed by atoms with Gasteiger partial charge in [0.25, 0.3) is 0 Å². The normalized spacial score (nSPS) is 47.1. The van der Waals surface area contributed by atoms with Crippen LogP contribution in [0.3, 0.4) is 0 Å². The molecule has 6 rings (SSSR count). The van der Waals surface area contributed by atoms with Gasteiger partial charge in [-0.25, -0.2) is 0 Å². The summed E-state index contributed by atoms with van der Waals surface area (Å²) >= 11 is 0. The molecule has 4 fully saturated rings. The number of aliphatic carboxylic acids is 1. The number of ether oxygens (including phenoxy) is 4. The number of fused-ring (bicyclic) bond motifs is 4. The summed E-state index contributed by atoms with van der Waals surface area (Å²) in [4.78, 5) is 13.8. The molecule has 1 unspecified atom stereocenters. The summed E-state index contributed by atoms with van der Waals surface area (Å²) in [5.74, 6) is -0.144. The van der Waals surface area contributed by atoms with Crippen LogP contribution in [-0.2, 0) is 23.7 Å². The maximum Gasteiger partial charge on any atom is 0.314 e. The summed E-state index contributed by atoms with van der Waals surface area (Å²) in [5, 5.41) is 96.2. The van der Waals surface area contributed by atoms with E-state index in [9.17, 15) is 50.8 Å². The summed E-state index contributed by atoms with van der Waals surface area (Å²) in [6.45, 7) is 17.8. The third kappa shape index (κ3) is 7.24. The highest BCUT2D eigenvalue weighted by atomic mass is 16.7. The Morgan fingerprint density at radius 3 is 1.97 bits per heavy atom. The summed E-state index contributed by atoms with van der Waals surface area (Å²) in [5.41, 5.74) is -0.839. The van der Waals surface area contributed by atoms with E-state index in [-0.39, 0.29) is 28.6 Å². The van der Waals surface area contributed by atoms with Crippen LogP contribution in [-0.4, -0.2) is 138 Å². The second-order valence-electron chi connectivity index (χ2n) is 21.3. The minimum atomic E-state index is -1.78. The largest absolute Gasteiger partial charge is 0.481 e. The lowest BCUT2D eigenvalue weighted by Gasteiger charge is -2.62. The molecule has 0 aromatic rings. The Morgan fingerprint density at radius 1 is 0.776 bits per heavy atom. The second-order valence-corrected chi connectivity index (χ2v) is 21.3. The van der Waals surface area contributed by atoms with E-state index in [1.807, 2.05) is 6.92 Å². The maximum absolute atomic E-state index is 13.8. The van der Waals surface area contributed by atoms with Crippen molar-refractivity contribution in [1.29, 1.82) is 0 Å². The highest BCUT2D eigenvalue weighted by Gasteiger charge is 2.68. The zero-order chi connectivity index (χ0) is 43.1. The van der Waals surface area contributed by atoms with E-state index < -0.39 is 109 Å². The van der Waals surface area contributed by atoms with E-state index in [2.05, 4.69) is 55.4 Å². The van der Waals surface area contributed by atoms with Gasteiger partial charge in [-0.2, -0.15) is 0 Å². The van der Waals surface area contributed by atoms with Crippen molar-refractivity contribution in [3.8, 4) is 0 Å². The van der Waals surface area contributed by atoms with E-state index >= 15 is 0 Å². The molecule has 2 heterocycles. The van der Waals surface area contributed by atoms with Crippen molar-refractivity contribution in [1.82, 2.24) is 0 Å². The molecule has 14 heteroatoms. The van der Waals surface area contributed by atoms with Gasteiger partial charge >= 0.3 is 5.97 Å². The Labute approximate surface area is 343 Å². The van der Waals surface area contributed by atoms with Crippen LogP contribution in [0.25, 0.3) is 0 Å². The summed E-state index contributed by atoms with van der Waals surface area (Å²) in [6.07, 6.45) is -8.55. The average Bonchev–Trinajstić information content (AvgIpc) is 3.48. The number of hydrogen-bond donors (Lipinski definition) is 9. The first-order chi connectivity index (χ1) is 26.8. The molecule has 0 radical (unpaired) electrons. The Morgan fingerprint density at radius 2 is 1.38 bits per heavy atom. The van der Waals surface area contributed by atoms with Crippen LogP contribution in [0.15, 0.2) is 11.1 Å². The van der Waals surface area contributed by atoms with Gasteiger partial charge < -0.3 is 64.9 Å². The van der Waals surface area contributed by atoms with E-state index in [4.69, 9.17) is 18.9 Å². The van der Waals surface area contributed by atoms with Gasteiger partial charge in [0.1, 0.15) is 48.8 Å². The highest BCUT2D eigenvalue weighted by Crippen LogP contribution is 2.73. The van der Waals surface area contributed by atoms with E-state index in [1.165, 1.54) is 5.57 Å². The lowest BCUT2D eigenvalue weighted by atomic mass is 9.43. The SMILES string of the molecule is C[C@H](CCC(C)(O)C(C)(C)C)[C@H]1CC[C@@]2(C(=O)O)C3=C(CC[C@]12C)[C@@]1(C)CC[C@H](O[C@@H]2O[C@H](CO)[C@H](O)[C@H](O[C@@H]4O[C@H](CO)[C@@H](O)[C@H](O)[C@H]4O)[C@H]2O)C(C)(C)[C@@H]1CC3. The molecule has 0 bridgehead atoms. The molecule has 14 nitrogen and oxygen atoms in total. The molecular weight excluding hydrogens is 752 g/mol. The predicted octanol–water partition coefficient (Wildman–Crippen LogP) is 3.02. The molecule has 2 saturated carbocycles. The van der Waals surface area contributed by atoms with Crippen molar-refractivity contribution < 1.29 is 69.7 Å².